The van der Waals surface area contributed by atoms with Crippen molar-refractivity contribution in [1.82, 2.24) is 29.7 Å². The molecule has 0 N–H and O–H groups in total. The van der Waals surface area contributed by atoms with E-state index in [0.717, 1.165) is 5.56 Å². The fourth-order valence-electron chi connectivity index (χ4n) is 2.38. The Labute approximate surface area is 148 Å². The molecule has 0 radical (unpaired) electrons. The molecule has 0 saturated carbocycles. The third-order valence-corrected chi connectivity index (χ3v) is 3.87. The zero-order valence-corrected chi connectivity index (χ0v) is 13.5. The van der Waals surface area contributed by atoms with E-state index in [2.05, 4.69) is 29.6 Å². The second kappa shape index (κ2) is 6.06. The lowest BCUT2D eigenvalue weighted by Gasteiger charge is -2.04. The Kier molecular flexibility index (Phi) is 3.83. The number of imidazole rings is 1. The van der Waals surface area contributed by atoms with Crippen LogP contribution in [0.5, 0.6) is 0 Å². The molecule has 1 aromatic carbocycles. The molecule has 0 bridgehead atoms. The molecule has 0 amide bonds. The van der Waals surface area contributed by atoms with Gasteiger partial charge in [0.1, 0.15) is 11.8 Å². The van der Waals surface area contributed by atoms with E-state index < -0.39 is 12.1 Å². The van der Waals surface area contributed by atoms with Crippen molar-refractivity contribution in [3.05, 3.63) is 53.5 Å². The number of fused-ring (bicyclic) bond motifs is 1. The predicted molar refractivity (Wildman–Crippen MR) is 84.2 cm³/mol. The number of nitrogens with zero attached hydrogens (tertiary/aromatic N) is 6. The normalized spacial score (nSPS) is 12.0. The van der Waals surface area contributed by atoms with Crippen LogP contribution in [0.1, 0.15) is 11.5 Å². The molecular weight excluding hydrogens is 373 g/mol. The van der Waals surface area contributed by atoms with Crippen molar-refractivity contribution < 1.29 is 17.7 Å². The highest BCUT2D eigenvalue weighted by Crippen LogP contribution is 2.29. The summed E-state index contributed by atoms with van der Waals surface area (Å²) >= 11 is 5.97. The van der Waals surface area contributed by atoms with Gasteiger partial charge in [-0.1, -0.05) is 41.0 Å². The third-order valence-electron chi connectivity index (χ3n) is 3.59. The number of alkyl halides is 3. The average molecular weight is 381 g/mol. The summed E-state index contributed by atoms with van der Waals surface area (Å²) in [6, 6.07) is 6.71. The first-order chi connectivity index (χ1) is 12.4. The highest BCUT2D eigenvalue weighted by molar-refractivity contribution is 6.33. The molecule has 0 aliphatic carbocycles. The van der Waals surface area contributed by atoms with Gasteiger partial charge in [-0.3, -0.25) is 0 Å². The maximum Gasteiger partial charge on any atom is 0.471 e. The van der Waals surface area contributed by atoms with Crippen LogP contribution >= 0.6 is 11.6 Å². The Balaban J connectivity index is 1.58. The minimum absolute atomic E-state index is 0.128. The molecule has 0 unspecified atom stereocenters. The summed E-state index contributed by atoms with van der Waals surface area (Å²) in [7, 11) is 0. The number of hydrogen-bond donors (Lipinski definition) is 0. The molecule has 4 rings (SSSR count). The van der Waals surface area contributed by atoms with Crippen LogP contribution in [0.4, 0.5) is 13.2 Å². The molecule has 132 valence electrons. The quantitative estimate of drug-likeness (QED) is 0.505. The number of aromatic nitrogens is 6. The molecule has 3 heterocycles. The van der Waals surface area contributed by atoms with Gasteiger partial charge in [-0.15, -0.1) is 0 Å². The maximum absolute atomic E-state index is 12.5. The van der Waals surface area contributed by atoms with Crippen molar-refractivity contribution in [2.75, 3.05) is 0 Å². The summed E-state index contributed by atoms with van der Waals surface area (Å²) in [4.78, 5) is 15.6. The van der Waals surface area contributed by atoms with E-state index >= 15 is 0 Å². The van der Waals surface area contributed by atoms with Crippen molar-refractivity contribution in [3.8, 4) is 11.4 Å². The highest BCUT2D eigenvalue weighted by Gasteiger charge is 2.38. The molecular formula is C15H8ClF3N6O. The largest absolute Gasteiger partial charge is 0.471 e. The number of rotatable bonds is 3. The van der Waals surface area contributed by atoms with Crippen molar-refractivity contribution in [1.29, 1.82) is 0 Å². The summed E-state index contributed by atoms with van der Waals surface area (Å²) in [5.74, 6) is -1.51. The van der Waals surface area contributed by atoms with Crippen molar-refractivity contribution in [2.24, 2.45) is 0 Å². The van der Waals surface area contributed by atoms with Gasteiger partial charge in [-0.25, -0.2) is 15.0 Å². The smallest absolute Gasteiger partial charge is 0.329 e. The second-order valence-corrected chi connectivity index (χ2v) is 5.68. The van der Waals surface area contributed by atoms with Crippen LogP contribution in [-0.2, 0) is 12.7 Å². The lowest BCUT2D eigenvalue weighted by Crippen LogP contribution is -2.04. The fourth-order valence-corrected chi connectivity index (χ4v) is 2.56. The van der Waals surface area contributed by atoms with Gasteiger partial charge in [0.15, 0.2) is 10.8 Å². The van der Waals surface area contributed by atoms with Crippen molar-refractivity contribution in [3.63, 3.8) is 0 Å². The Bertz CT molecular complexity index is 1070. The number of hydrogen-bond acceptors (Lipinski definition) is 6. The van der Waals surface area contributed by atoms with Gasteiger partial charge in [0, 0.05) is 5.56 Å². The first kappa shape index (κ1) is 16.5. The Morgan fingerprint density at radius 1 is 1.08 bits per heavy atom. The second-order valence-electron chi connectivity index (χ2n) is 5.33. The number of halogens is 4. The standard InChI is InChI=1S/C15H8ClF3N6O/c16-11-10-13(21-6-20-11)25(7-22-10)5-8-1-3-9(4-2-8)12-23-14(26-24-12)15(17,18)19/h1-4,6-7H,5H2. The van der Waals surface area contributed by atoms with Gasteiger partial charge in [0.25, 0.3) is 0 Å². The minimum Gasteiger partial charge on any atom is -0.329 e. The summed E-state index contributed by atoms with van der Waals surface area (Å²) in [6.45, 7) is 0.449. The summed E-state index contributed by atoms with van der Waals surface area (Å²) in [5.41, 5.74) is 2.37. The van der Waals surface area contributed by atoms with E-state index in [9.17, 15) is 13.2 Å². The van der Waals surface area contributed by atoms with Crippen LogP contribution in [0.25, 0.3) is 22.6 Å². The molecule has 26 heavy (non-hydrogen) atoms. The molecule has 4 aromatic rings. The maximum atomic E-state index is 12.5. The van der Waals surface area contributed by atoms with E-state index in [4.69, 9.17) is 11.6 Å². The van der Waals surface area contributed by atoms with Gasteiger partial charge in [-0.2, -0.15) is 18.2 Å². The lowest BCUT2D eigenvalue weighted by molar-refractivity contribution is -0.159. The van der Waals surface area contributed by atoms with Gasteiger partial charge in [0.2, 0.25) is 5.82 Å². The van der Waals surface area contributed by atoms with Gasteiger partial charge in [-0.05, 0) is 5.56 Å². The van der Waals surface area contributed by atoms with E-state index in [-0.39, 0.29) is 11.0 Å². The molecule has 3 aromatic heterocycles. The van der Waals surface area contributed by atoms with Crippen LogP contribution in [0.2, 0.25) is 5.15 Å². The topological polar surface area (TPSA) is 82.5 Å². The van der Waals surface area contributed by atoms with Crippen molar-refractivity contribution >= 4 is 22.8 Å². The minimum atomic E-state index is -4.67. The van der Waals surface area contributed by atoms with Gasteiger partial charge < -0.3 is 9.09 Å². The monoisotopic (exact) mass is 380 g/mol. The molecule has 0 aliphatic rings. The van der Waals surface area contributed by atoms with Crippen LogP contribution < -0.4 is 0 Å². The summed E-state index contributed by atoms with van der Waals surface area (Å²) in [5, 5.41) is 3.62. The summed E-state index contributed by atoms with van der Waals surface area (Å²) < 4.78 is 43.6. The van der Waals surface area contributed by atoms with Gasteiger partial charge in [0.05, 0.1) is 12.9 Å². The Morgan fingerprint density at radius 2 is 1.85 bits per heavy atom. The molecule has 7 nitrogen and oxygen atoms in total. The van der Waals surface area contributed by atoms with Crippen LogP contribution in [0.15, 0.2) is 41.4 Å². The molecule has 11 heteroatoms. The molecule has 0 saturated heterocycles. The summed E-state index contributed by atoms with van der Waals surface area (Å²) in [6.07, 6.45) is -1.73. The highest BCUT2D eigenvalue weighted by atomic mass is 35.5. The van der Waals surface area contributed by atoms with Crippen LogP contribution in [0.3, 0.4) is 0 Å². The first-order valence-electron chi connectivity index (χ1n) is 7.23. The first-order valence-corrected chi connectivity index (χ1v) is 7.61. The van der Waals surface area contributed by atoms with E-state index in [1.807, 2.05) is 0 Å². The lowest BCUT2D eigenvalue weighted by atomic mass is 10.1. The third kappa shape index (κ3) is 2.99. The van der Waals surface area contributed by atoms with Crippen LogP contribution in [-0.4, -0.2) is 29.7 Å². The zero-order chi connectivity index (χ0) is 18.3. The molecule has 0 fully saturated rings. The van der Waals surface area contributed by atoms with Crippen LogP contribution in [0, 0.1) is 0 Å². The van der Waals surface area contributed by atoms with Gasteiger partial charge >= 0.3 is 12.1 Å². The van der Waals surface area contributed by atoms with E-state index in [1.54, 1.807) is 35.2 Å². The Hall–Kier alpha value is -3.01. The molecule has 0 spiro atoms. The number of benzene rings is 1. The Morgan fingerprint density at radius 3 is 2.54 bits per heavy atom. The fraction of sp³-hybridized carbons (Fsp3) is 0.133. The van der Waals surface area contributed by atoms with E-state index in [1.165, 1.54) is 6.33 Å². The van der Waals surface area contributed by atoms with Crippen molar-refractivity contribution in [2.45, 2.75) is 12.7 Å². The predicted octanol–water partition coefficient (Wildman–Crippen LogP) is 3.60. The molecule has 0 aliphatic heterocycles. The molecule has 0 atom stereocenters. The SMILES string of the molecule is FC(F)(F)c1nc(-c2ccc(Cn3cnc4c(Cl)ncnc43)cc2)no1. The van der Waals surface area contributed by atoms with E-state index in [0.29, 0.717) is 23.3 Å². The zero-order valence-electron chi connectivity index (χ0n) is 12.8. The average Bonchev–Trinajstić information content (AvgIpc) is 3.24.